The second-order valence-corrected chi connectivity index (χ2v) is 6.30. The van der Waals surface area contributed by atoms with Crippen LogP contribution in [0.1, 0.15) is 24.3 Å². The number of piperazine rings is 1. The van der Waals surface area contributed by atoms with Gasteiger partial charge in [-0.05, 0) is 17.9 Å². The Morgan fingerprint density at radius 3 is 2.61 bits per heavy atom. The maximum atomic E-state index is 3.37. The summed E-state index contributed by atoms with van der Waals surface area (Å²) in [6.45, 7) is 9.65. The van der Waals surface area contributed by atoms with Gasteiger partial charge >= 0.3 is 0 Å². The molecule has 0 aliphatic carbocycles. The fraction of sp³-hybridized carbons (Fsp3) is 0.714. The highest BCUT2D eigenvalue weighted by molar-refractivity contribution is 7.10. The van der Waals surface area contributed by atoms with Crippen molar-refractivity contribution in [2.24, 2.45) is 0 Å². The minimum atomic E-state index is 0.645. The number of nitrogens with one attached hydrogen (secondary N) is 1. The lowest BCUT2D eigenvalue weighted by atomic mass is 10.1. The molecule has 1 unspecified atom stereocenters. The van der Waals surface area contributed by atoms with Gasteiger partial charge in [0.2, 0.25) is 0 Å². The highest BCUT2D eigenvalue weighted by Crippen LogP contribution is 2.29. The molecule has 100 valence electrons. The number of hydrogen-bond acceptors (Lipinski definition) is 4. The zero-order valence-electron chi connectivity index (χ0n) is 11.1. The summed E-state index contributed by atoms with van der Waals surface area (Å²) in [7, 11) is 0. The first-order chi connectivity index (χ1) is 8.88. The summed E-state index contributed by atoms with van der Waals surface area (Å²) in [6, 6.07) is 5.93. The molecule has 0 saturated carbocycles. The summed E-state index contributed by atoms with van der Waals surface area (Å²) < 4.78 is 0. The zero-order chi connectivity index (χ0) is 12.4. The summed E-state index contributed by atoms with van der Waals surface area (Å²) in [4.78, 5) is 6.87. The molecule has 0 radical (unpaired) electrons. The van der Waals surface area contributed by atoms with Crippen LogP contribution in [-0.2, 0) is 0 Å². The second-order valence-electron chi connectivity index (χ2n) is 5.32. The van der Waals surface area contributed by atoms with Crippen LogP contribution in [0.3, 0.4) is 0 Å². The molecule has 1 aromatic rings. The Labute approximate surface area is 114 Å². The average Bonchev–Trinajstić information content (AvgIpc) is 2.84. The summed E-state index contributed by atoms with van der Waals surface area (Å²) in [6.07, 6.45) is 1.23. The van der Waals surface area contributed by atoms with Crippen molar-refractivity contribution in [2.45, 2.75) is 25.4 Å². The quantitative estimate of drug-likeness (QED) is 0.895. The largest absolute Gasteiger partial charge is 0.314 e. The monoisotopic (exact) mass is 265 g/mol. The fourth-order valence-corrected chi connectivity index (χ4v) is 4.01. The molecular formula is C14H23N3S. The van der Waals surface area contributed by atoms with Crippen LogP contribution in [0.25, 0.3) is 0 Å². The van der Waals surface area contributed by atoms with Gasteiger partial charge in [0.05, 0.1) is 0 Å². The van der Waals surface area contributed by atoms with Crippen molar-refractivity contribution in [2.75, 3.05) is 39.3 Å². The molecule has 3 rings (SSSR count). The number of nitrogens with zero attached hydrogens (tertiary/aromatic N) is 2. The molecule has 2 aliphatic rings. The van der Waals surface area contributed by atoms with Gasteiger partial charge in [0.15, 0.2) is 0 Å². The number of hydrogen-bond donors (Lipinski definition) is 1. The van der Waals surface area contributed by atoms with E-state index in [0.29, 0.717) is 6.04 Å². The van der Waals surface area contributed by atoms with Crippen molar-refractivity contribution in [1.82, 2.24) is 15.1 Å². The normalized spacial score (nSPS) is 24.9. The predicted octanol–water partition coefficient (Wildman–Crippen LogP) is 1.79. The van der Waals surface area contributed by atoms with Gasteiger partial charge in [-0.15, -0.1) is 11.3 Å². The van der Waals surface area contributed by atoms with E-state index >= 15 is 0 Å². The van der Waals surface area contributed by atoms with Crippen molar-refractivity contribution in [1.29, 1.82) is 0 Å². The first-order valence-electron chi connectivity index (χ1n) is 7.10. The summed E-state index contributed by atoms with van der Waals surface area (Å²) >= 11 is 1.91. The van der Waals surface area contributed by atoms with Crippen LogP contribution < -0.4 is 5.32 Å². The van der Waals surface area contributed by atoms with Gasteiger partial charge in [-0.2, -0.15) is 0 Å². The summed E-state index contributed by atoms with van der Waals surface area (Å²) in [5, 5.41) is 5.58. The molecule has 2 fully saturated rings. The fourth-order valence-electron chi connectivity index (χ4n) is 3.07. The highest BCUT2D eigenvalue weighted by atomic mass is 32.1. The molecule has 1 N–H and O–H groups in total. The lowest BCUT2D eigenvalue weighted by Crippen LogP contribution is -2.61. The third kappa shape index (κ3) is 2.48. The first-order valence-corrected chi connectivity index (χ1v) is 7.98. The van der Waals surface area contributed by atoms with Crippen LogP contribution in [0.4, 0.5) is 0 Å². The average molecular weight is 265 g/mol. The maximum absolute atomic E-state index is 3.37. The van der Waals surface area contributed by atoms with E-state index in [1.54, 1.807) is 0 Å². The maximum Gasteiger partial charge on any atom is 0.0439 e. The minimum absolute atomic E-state index is 0.645. The minimum Gasteiger partial charge on any atom is -0.314 e. The molecule has 1 aromatic heterocycles. The summed E-state index contributed by atoms with van der Waals surface area (Å²) in [5.74, 6) is 0. The van der Waals surface area contributed by atoms with E-state index in [4.69, 9.17) is 0 Å². The standard InChI is InChI=1S/C14H23N3S/c1-2-13(14-4-3-9-18-14)17-7-5-16(6-8-17)12-10-15-11-12/h3-4,9,12-13,15H,2,5-8,10-11H2,1H3. The predicted molar refractivity (Wildman–Crippen MR) is 77.2 cm³/mol. The van der Waals surface area contributed by atoms with Gasteiger partial charge in [0, 0.05) is 56.2 Å². The van der Waals surface area contributed by atoms with Crippen LogP contribution in [0.15, 0.2) is 17.5 Å². The van der Waals surface area contributed by atoms with E-state index in [9.17, 15) is 0 Å². The van der Waals surface area contributed by atoms with Crippen molar-refractivity contribution < 1.29 is 0 Å². The van der Waals surface area contributed by atoms with E-state index in [-0.39, 0.29) is 0 Å². The third-order valence-electron chi connectivity index (χ3n) is 4.32. The summed E-state index contributed by atoms with van der Waals surface area (Å²) in [5.41, 5.74) is 0. The Balaban J connectivity index is 1.57. The Bertz CT molecular complexity index is 353. The van der Waals surface area contributed by atoms with E-state index in [1.807, 2.05) is 11.3 Å². The lowest BCUT2D eigenvalue weighted by molar-refractivity contribution is 0.0510. The topological polar surface area (TPSA) is 18.5 Å². The Kier molecular flexibility index (Phi) is 3.99. The molecule has 2 saturated heterocycles. The van der Waals surface area contributed by atoms with Crippen molar-refractivity contribution in [3.63, 3.8) is 0 Å². The third-order valence-corrected chi connectivity index (χ3v) is 5.30. The van der Waals surface area contributed by atoms with Crippen molar-refractivity contribution in [3.05, 3.63) is 22.4 Å². The highest BCUT2D eigenvalue weighted by Gasteiger charge is 2.30. The number of thiophene rings is 1. The number of rotatable bonds is 4. The molecule has 3 nitrogen and oxygen atoms in total. The van der Waals surface area contributed by atoms with Crippen molar-refractivity contribution >= 4 is 11.3 Å². The molecular weight excluding hydrogens is 242 g/mol. The molecule has 0 bridgehead atoms. The van der Waals surface area contributed by atoms with Gasteiger partial charge in [-0.25, -0.2) is 0 Å². The molecule has 0 amide bonds. The zero-order valence-corrected chi connectivity index (χ0v) is 12.0. The van der Waals surface area contributed by atoms with Gasteiger partial charge in [0.25, 0.3) is 0 Å². The second kappa shape index (κ2) is 5.70. The molecule has 4 heteroatoms. The first kappa shape index (κ1) is 12.6. The van der Waals surface area contributed by atoms with Crippen LogP contribution in [0.2, 0.25) is 0 Å². The van der Waals surface area contributed by atoms with E-state index in [2.05, 4.69) is 39.6 Å². The smallest absolute Gasteiger partial charge is 0.0439 e. The Morgan fingerprint density at radius 1 is 1.33 bits per heavy atom. The SMILES string of the molecule is CCC(c1cccs1)N1CCN(C2CNC2)CC1. The van der Waals surface area contributed by atoms with E-state index < -0.39 is 0 Å². The Morgan fingerprint density at radius 2 is 2.11 bits per heavy atom. The van der Waals surface area contributed by atoms with Crippen LogP contribution in [0, 0.1) is 0 Å². The van der Waals surface area contributed by atoms with Gasteiger partial charge in [-0.1, -0.05) is 13.0 Å². The molecule has 18 heavy (non-hydrogen) atoms. The molecule has 3 heterocycles. The molecule has 1 atom stereocenters. The van der Waals surface area contributed by atoms with Gasteiger partial charge in [-0.3, -0.25) is 9.80 Å². The van der Waals surface area contributed by atoms with Crippen LogP contribution in [-0.4, -0.2) is 55.1 Å². The lowest BCUT2D eigenvalue weighted by Gasteiger charge is -2.45. The molecule has 2 aliphatic heterocycles. The van der Waals surface area contributed by atoms with Crippen molar-refractivity contribution in [3.8, 4) is 0 Å². The molecule has 0 spiro atoms. The molecule has 0 aromatic carbocycles. The van der Waals surface area contributed by atoms with E-state index in [0.717, 1.165) is 6.04 Å². The van der Waals surface area contributed by atoms with Crippen LogP contribution >= 0.6 is 11.3 Å². The Hall–Kier alpha value is -0.420. The van der Waals surface area contributed by atoms with E-state index in [1.165, 1.54) is 50.6 Å². The van der Waals surface area contributed by atoms with Crippen LogP contribution in [0.5, 0.6) is 0 Å². The van der Waals surface area contributed by atoms with Gasteiger partial charge in [0.1, 0.15) is 0 Å². The van der Waals surface area contributed by atoms with Gasteiger partial charge < -0.3 is 5.32 Å².